The van der Waals surface area contributed by atoms with E-state index in [-0.39, 0.29) is 11.8 Å². The Morgan fingerprint density at radius 3 is 2.62 bits per heavy atom. The van der Waals surface area contributed by atoms with Gasteiger partial charge in [0.25, 0.3) is 0 Å². The molecule has 1 heterocycles. The highest BCUT2D eigenvalue weighted by molar-refractivity contribution is 5.81. The third-order valence-corrected chi connectivity index (χ3v) is 5.01. The van der Waals surface area contributed by atoms with Crippen molar-refractivity contribution in [3.05, 3.63) is 18.0 Å². The molecular formula is C19H31N3O2. The van der Waals surface area contributed by atoms with Crippen LogP contribution in [0.4, 0.5) is 0 Å². The van der Waals surface area contributed by atoms with Crippen LogP contribution in [0.25, 0.3) is 0 Å². The Labute approximate surface area is 145 Å². The van der Waals surface area contributed by atoms with Crippen LogP contribution in [0.5, 0.6) is 0 Å². The van der Waals surface area contributed by atoms with Gasteiger partial charge in [0.2, 0.25) is 5.91 Å². The summed E-state index contributed by atoms with van der Waals surface area (Å²) in [7, 11) is 0. The molecule has 1 aromatic rings. The molecule has 24 heavy (non-hydrogen) atoms. The van der Waals surface area contributed by atoms with E-state index < -0.39 is 0 Å². The molecule has 0 saturated heterocycles. The number of carbonyl (C=O) groups excluding carboxylic acids is 2. The van der Waals surface area contributed by atoms with E-state index in [1.807, 2.05) is 23.9 Å². The maximum absolute atomic E-state index is 12.1. The van der Waals surface area contributed by atoms with Crippen molar-refractivity contribution in [1.29, 1.82) is 0 Å². The van der Waals surface area contributed by atoms with E-state index in [1.54, 1.807) is 0 Å². The van der Waals surface area contributed by atoms with E-state index in [1.165, 1.54) is 0 Å². The van der Waals surface area contributed by atoms with Crippen molar-refractivity contribution in [1.82, 2.24) is 15.1 Å². The zero-order valence-electron chi connectivity index (χ0n) is 15.1. The Balaban J connectivity index is 1.60. The molecule has 5 nitrogen and oxygen atoms in total. The van der Waals surface area contributed by atoms with E-state index in [0.29, 0.717) is 24.7 Å². The smallest absolute Gasteiger partial charge is 0.221 e. The highest BCUT2D eigenvalue weighted by atomic mass is 16.1. The molecule has 1 aliphatic carbocycles. The summed E-state index contributed by atoms with van der Waals surface area (Å²) in [4.78, 5) is 24.0. The van der Waals surface area contributed by atoms with Crippen molar-refractivity contribution in [2.24, 2.45) is 11.8 Å². The van der Waals surface area contributed by atoms with Gasteiger partial charge in [0.1, 0.15) is 5.78 Å². The van der Waals surface area contributed by atoms with Crippen molar-refractivity contribution in [3.63, 3.8) is 0 Å². The maximum Gasteiger partial charge on any atom is 0.221 e. The first-order valence-electron chi connectivity index (χ1n) is 9.38. The van der Waals surface area contributed by atoms with Crippen LogP contribution in [0, 0.1) is 18.8 Å². The Hall–Kier alpha value is -1.65. The van der Waals surface area contributed by atoms with E-state index in [9.17, 15) is 9.59 Å². The van der Waals surface area contributed by atoms with Gasteiger partial charge in [0, 0.05) is 38.0 Å². The van der Waals surface area contributed by atoms with Crippen LogP contribution in [0.1, 0.15) is 64.0 Å². The van der Waals surface area contributed by atoms with Crippen LogP contribution in [-0.2, 0) is 16.1 Å². The van der Waals surface area contributed by atoms with Gasteiger partial charge in [-0.05, 0) is 51.0 Å². The second kappa shape index (κ2) is 9.60. The molecule has 0 unspecified atom stereocenters. The first-order valence-corrected chi connectivity index (χ1v) is 9.38. The molecule has 1 N–H and O–H groups in total. The number of hydrogen-bond acceptors (Lipinski definition) is 3. The normalized spacial score (nSPS) is 20.8. The van der Waals surface area contributed by atoms with Crippen molar-refractivity contribution in [2.75, 3.05) is 6.54 Å². The lowest BCUT2D eigenvalue weighted by Crippen LogP contribution is -2.32. The molecule has 2 rings (SSSR count). The van der Waals surface area contributed by atoms with Gasteiger partial charge in [-0.3, -0.25) is 14.3 Å². The van der Waals surface area contributed by atoms with Gasteiger partial charge in [-0.25, -0.2) is 0 Å². The minimum atomic E-state index is 0.0873. The summed E-state index contributed by atoms with van der Waals surface area (Å²) in [5.74, 6) is 1.33. The predicted molar refractivity (Wildman–Crippen MR) is 94.6 cm³/mol. The number of unbranched alkanes of at least 4 members (excludes halogenated alkanes) is 1. The van der Waals surface area contributed by atoms with Crippen molar-refractivity contribution >= 4 is 11.7 Å². The lowest BCUT2D eigenvalue weighted by molar-refractivity contribution is -0.125. The second-order valence-electron chi connectivity index (χ2n) is 7.06. The van der Waals surface area contributed by atoms with Gasteiger partial charge < -0.3 is 5.32 Å². The fourth-order valence-electron chi connectivity index (χ4n) is 3.39. The molecule has 0 bridgehead atoms. The SMILES string of the molecule is CCCCC(=O)C1CCC(CNC(=O)CCn2ccc(C)n2)CC1. The highest BCUT2D eigenvalue weighted by Gasteiger charge is 2.25. The molecule has 5 heteroatoms. The number of aromatic nitrogens is 2. The first kappa shape index (κ1) is 18.7. The summed E-state index contributed by atoms with van der Waals surface area (Å²) in [5.41, 5.74) is 0.973. The molecule has 1 aliphatic rings. The average Bonchev–Trinajstić information content (AvgIpc) is 3.02. The van der Waals surface area contributed by atoms with Crippen molar-refractivity contribution < 1.29 is 9.59 Å². The molecule has 1 amide bonds. The first-order chi connectivity index (χ1) is 11.6. The number of amides is 1. The molecule has 1 saturated carbocycles. The molecule has 1 fully saturated rings. The number of hydrogen-bond donors (Lipinski definition) is 1. The lowest BCUT2D eigenvalue weighted by atomic mass is 9.79. The highest BCUT2D eigenvalue weighted by Crippen LogP contribution is 2.30. The molecule has 0 aromatic carbocycles. The lowest BCUT2D eigenvalue weighted by Gasteiger charge is -2.27. The van der Waals surface area contributed by atoms with Crippen LogP contribution in [0.2, 0.25) is 0 Å². The van der Waals surface area contributed by atoms with Gasteiger partial charge >= 0.3 is 0 Å². The number of nitrogens with one attached hydrogen (secondary N) is 1. The minimum absolute atomic E-state index is 0.0873. The van der Waals surface area contributed by atoms with Gasteiger partial charge in [-0.15, -0.1) is 0 Å². The standard InChI is InChI=1S/C19H31N3O2/c1-3-4-5-18(23)17-8-6-16(7-9-17)14-20-19(24)11-13-22-12-10-15(2)21-22/h10,12,16-17H,3-9,11,13-14H2,1-2H3,(H,20,24). The van der Waals surface area contributed by atoms with Gasteiger partial charge in [-0.1, -0.05) is 13.3 Å². The third-order valence-electron chi connectivity index (χ3n) is 5.01. The van der Waals surface area contributed by atoms with Crippen molar-refractivity contribution in [3.8, 4) is 0 Å². The summed E-state index contributed by atoms with van der Waals surface area (Å²) < 4.78 is 1.81. The second-order valence-corrected chi connectivity index (χ2v) is 7.06. The largest absolute Gasteiger partial charge is 0.356 e. The topological polar surface area (TPSA) is 64.0 Å². The number of ketones is 1. The quantitative estimate of drug-likeness (QED) is 0.754. The molecular weight excluding hydrogens is 302 g/mol. The summed E-state index contributed by atoms with van der Waals surface area (Å²) in [6.07, 6.45) is 9.32. The minimum Gasteiger partial charge on any atom is -0.356 e. The Bertz CT molecular complexity index is 530. The Morgan fingerprint density at radius 1 is 1.25 bits per heavy atom. The Morgan fingerprint density at radius 2 is 2.00 bits per heavy atom. The number of nitrogens with zero attached hydrogens (tertiary/aromatic N) is 2. The molecule has 0 radical (unpaired) electrons. The fraction of sp³-hybridized carbons (Fsp3) is 0.737. The fourth-order valence-corrected chi connectivity index (χ4v) is 3.39. The van der Waals surface area contributed by atoms with Crippen LogP contribution < -0.4 is 5.32 Å². The summed E-state index contributed by atoms with van der Waals surface area (Å²) in [5, 5.41) is 7.33. The number of rotatable bonds is 9. The van der Waals surface area contributed by atoms with E-state index in [2.05, 4.69) is 17.3 Å². The molecule has 0 aliphatic heterocycles. The van der Waals surface area contributed by atoms with E-state index in [4.69, 9.17) is 0 Å². The third kappa shape index (κ3) is 6.10. The maximum atomic E-state index is 12.1. The monoisotopic (exact) mass is 333 g/mol. The van der Waals surface area contributed by atoms with Gasteiger partial charge in [0.05, 0.1) is 5.69 Å². The zero-order chi connectivity index (χ0) is 17.4. The molecule has 0 spiro atoms. The van der Waals surface area contributed by atoms with Crippen LogP contribution in [0.3, 0.4) is 0 Å². The molecule has 0 atom stereocenters. The van der Waals surface area contributed by atoms with Crippen LogP contribution in [-0.4, -0.2) is 28.0 Å². The van der Waals surface area contributed by atoms with Gasteiger partial charge in [-0.2, -0.15) is 5.10 Å². The summed E-state index contributed by atoms with van der Waals surface area (Å²) >= 11 is 0. The Kier molecular flexibility index (Phi) is 7.47. The molecule has 134 valence electrons. The van der Waals surface area contributed by atoms with Crippen LogP contribution in [0.15, 0.2) is 12.3 Å². The van der Waals surface area contributed by atoms with Crippen molar-refractivity contribution in [2.45, 2.75) is 71.8 Å². The number of Topliss-reactive ketones (excluding diaryl/α,β-unsaturated/α-hetero) is 1. The zero-order valence-corrected chi connectivity index (χ0v) is 15.1. The van der Waals surface area contributed by atoms with Gasteiger partial charge in [0.15, 0.2) is 0 Å². The number of aryl methyl sites for hydroxylation is 2. The number of carbonyl (C=O) groups is 2. The summed E-state index contributed by atoms with van der Waals surface area (Å²) in [6, 6.07) is 1.94. The van der Waals surface area contributed by atoms with E-state index >= 15 is 0 Å². The predicted octanol–water partition coefficient (Wildman–Crippen LogP) is 3.26. The average molecular weight is 333 g/mol. The summed E-state index contributed by atoms with van der Waals surface area (Å²) in [6.45, 7) is 5.44. The van der Waals surface area contributed by atoms with Crippen LogP contribution >= 0.6 is 0 Å². The molecule has 1 aromatic heterocycles. The van der Waals surface area contributed by atoms with E-state index in [0.717, 1.165) is 57.2 Å².